The molecule has 0 bridgehead atoms. The number of rotatable bonds is 3. The summed E-state index contributed by atoms with van der Waals surface area (Å²) in [7, 11) is 0. The van der Waals surface area contributed by atoms with Crippen LogP contribution in [0.25, 0.3) is 0 Å². The Hall–Kier alpha value is -1.26. The second kappa shape index (κ2) is 5.43. The van der Waals surface area contributed by atoms with Gasteiger partial charge < -0.3 is 19.3 Å². The smallest absolute Gasteiger partial charge is 0.449 e. The molecule has 3 atom stereocenters. The number of carbonyl (C=O) groups is 1. The molecule has 5 nitrogen and oxygen atoms in total. The molecule has 0 amide bonds. The summed E-state index contributed by atoms with van der Waals surface area (Å²) in [5.41, 5.74) is -3.11. The van der Waals surface area contributed by atoms with Gasteiger partial charge in [0.05, 0.1) is 0 Å². The van der Waals surface area contributed by atoms with Gasteiger partial charge in [-0.15, -0.1) is 0 Å². The quantitative estimate of drug-likeness (QED) is 0.487. The normalized spacial score (nSPS) is 33.1. The molecular weight excluding hydrogens is 319 g/mol. The summed E-state index contributed by atoms with van der Waals surface area (Å²) in [6, 6.07) is 0. The molecule has 0 spiro atoms. The van der Waals surface area contributed by atoms with Crippen molar-refractivity contribution in [2.45, 2.75) is 50.4 Å². The molecule has 0 aliphatic carbocycles. The lowest BCUT2D eigenvalue weighted by Crippen LogP contribution is -2.75. The van der Waals surface area contributed by atoms with Crippen molar-refractivity contribution in [2.24, 2.45) is 0 Å². The summed E-state index contributed by atoms with van der Waals surface area (Å²) >= 11 is 0. The van der Waals surface area contributed by atoms with Crippen LogP contribution in [0.3, 0.4) is 0 Å². The van der Waals surface area contributed by atoms with Crippen LogP contribution in [-0.2, 0) is 19.0 Å². The lowest BCUT2D eigenvalue weighted by atomic mass is 9.84. The molecule has 1 aliphatic heterocycles. The molecule has 3 unspecified atom stereocenters. The zero-order valence-corrected chi connectivity index (χ0v) is 12.0. The predicted octanol–water partition coefficient (Wildman–Crippen LogP) is 2.14. The summed E-state index contributed by atoms with van der Waals surface area (Å²) < 4.78 is 79.8. The van der Waals surface area contributed by atoms with E-state index in [0.29, 0.717) is 6.92 Å². The minimum absolute atomic E-state index is 0.142. The Morgan fingerprint density at radius 2 is 1.86 bits per heavy atom. The van der Waals surface area contributed by atoms with Crippen LogP contribution in [0.15, 0.2) is 12.2 Å². The van der Waals surface area contributed by atoms with Crippen molar-refractivity contribution < 1.29 is 46.1 Å². The fourth-order valence-electron chi connectivity index (χ4n) is 1.76. The van der Waals surface area contributed by atoms with Crippen molar-refractivity contribution in [1.29, 1.82) is 0 Å². The lowest BCUT2D eigenvalue weighted by Gasteiger charge is -2.50. The Morgan fingerprint density at radius 3 is 2.27 bits per heavy atom. The van der Waals surface area contributed by atoms with Crippen LogP contribution in [0, 0.1) is 0 Å². The predicted molar refractivity (Wildman–Crippen MR) is 61.8 cm³/mol. The molecule has 0 aromatic rings. The second-order valence-electron chi connectivity index (χ2n) is 5.06. The molecule has 0 aromatic carbocycles. The molecule has 1 N–H and O–H groups in total. The fourth-order valence-corrected chi connectivity index (χ4v) is 1.76. The van der Waals surface area contributed by atoms with Gasteiger partial charge in [0.15, 0.2) is 12.4 Å². The molecule has 1 fully saturated rings. The topological polar surface area (TPSA) is 65.0 Å². The molecule has 0 saturated carbocycles. The van der Waals surface area contributed by atoms with Crippen molar-refractivity contribution in [3.63, 3.8) is 0 Å². The number of aliphatic hydroxyl groups is 1. The third kappa shape index (κ3) is 2.59. The zero-order chi connectivity index (χ0) is 17.6. The van der Waals surface area contributed by atoms with Gasteiger partial charge in [0.1, 0.15) is 6.10 Å². The van der Waals surface area contributed by atoms with E-state index in [4.69, 9.17) is 0 Å². The molecule has 1 heterocycles. The van der Waals surface area contributed by atoms with E-state index in [1.165, 1.54) is 6.92 Å². The Balaban J connectivity index is 3.22. The maximum atomic E-state index is 14.3. The van der Waals surface area contributed by atoms with Gasteiger partial charge in [0.25, 0.3) is 0 Å². The van der Waals surface area contributed by atoms with Gasteiger partial charge in [-0.25, -0.2) is 4.79 Å². The summed E-state index contributed by atoms with van der Waals surface area (Å²) in [4.78, 5) is 11.4. The molecule has 0 radical (unpaired) electrons. The molecule has 128 valence electrons. The van der Waals surface area contributed by atoms with Crippen LogP contribution in [0.4, 0.5) is 22.0 Å². The van der Waals surface area contributed by atoms with E-state index in [9.17, 15) is 31.9 Å². The number of hydrogen-bond donors (Lipinski definition) is 1. The Labute approximate surface area is 122 Å². The van der Waals surface area contributed by atoms with Crippen molar-refractivity contribution in [2.75, 3.05) is 6.79 Å². The highest BCUT2D eigenvalue weighted by atomic mass is 19.4. The number of alkyl halides is 5. The summed E-state index contributed by atoms with van der Waals surface area (Å²) in [6.07, 6.45) is -7.62. The number of carbonyl (C=O) groups excluding carboxylic acids is 1. The van der Waals surface area contributed by atoms with E-state index in [1.54, 1.807) is 0 Å². The Bertz CT molecular complexity index is 477. The average molecular weight is 334 g/mol. The summed E-state index contributed by atoms with van der Waals surface area (Å²) in [5.74, 6) is -10.8. The van der Waals surface area contributed by atoms with Gasteiger partial charge in [0, 0.05) is 5.57 Å². The van der Waals surface area contributed by atoms with Crippen LogP contribution in [0.5, 0.6) is 0 Å². The monoisotopic (exact) mass is 334 g/mol. The van der Waals surface area contributed by atoms with E-state index in [1.807, 2.05) is 0 Å². The van der Waals surface area contributed by atoms with Crippen LogP contribution in [-0.4, -0.2) is 47.5 Å². The van der Waals surface area contributed by atoms with E-state index < -0.39 is 42.4 Å². The second-order valence-corrected chi connectivity index (χ2v) is 5.06. The lowest BCUT2D eigenvalue weighted by molar-refractivity contribution is -0.505. The highest BCUT2D eigenvalue weighted by molar-refractivity contribution is 5.87. The molecule has 1 aliphatic rings. The minimum Gasteiger partial charge on any atom is -0.456 e. The summed E-state index contributed by atoms with van der Waals surface area (Å²) in [6.45, 7) is 4.68. The first kappa shape index (κ1) is 18.8. The number of ether oxygens (including phenoxy) is 3. The summed E-state index contributed by atoms with van der Waals surface area (Å²) in [5, 5.41) is 9.33. The van der Waals surface area contributed by atoms with E-state index in [0.717, 1.165) is 6.92 Å². The molecule has 0 aromatic heterocycles. The third-order valence-electron chi connectivity index (χ3n) is 3.47. The molecular formula is C12H15F5O5. The van der Waals surface area contributed by atoms with Gasteiger partial charge in [-0.05, 0) is 20.8 Å². The number of esters is 1. The van der Waals surface area contributed by atoms with Crippen LogP contribution < -0.4 is 0 Å². The van der Waals surface area contributed by atoms with Gasteiger partial charge in [-0.3, -0.25) is 0 Å². The Kier molecular flexibility index (Phi) is 4.63. The largest absolute Gasteiger partial charge is 0.456 e. The first-order chi connectivity index (χ1) is 9.71. The maximum absolute atomic E-state index is 14.3. The van der Waals surface area contributed by atoms with Crippen LogP contribution >= 0.6 is 0 Å². The maximum Gasteiger partial charge on any atom is 0.449 e. The van der Waals surface area contributed by atoms with Gasteiger partial charge >= 0.3 is 23.9 Å². The SMILES string of the molecule is C=C(C)C(=O)OC(C)C1(C)OCOC(O)(C(F)(F)F)C1(F)F. The van der Waals surface area contributed by atoms with E-state index in [-0.39, 0.29) is 5.57 Å². The van der Waals surface area contributed by atoms with E-state index in [2.05, 4.69) is 20.8 Å². The van der Waals surface area contributed by atoms with Gasteiger partial charge in [-0.1, -0.05) is 6.58 Å². The third-order valence-corrected chi connectivity index (χ3v) is 3.47. The fraction of sp³-hybridized carbons (Fsp3) is 0.750. The van der Waals surface area contributed by atoms with Crippen molar-refractivity contribution >= 4 is 5.97 Å². The number of halogens is 5. The van der Waals surface area contributed by atoms with Crippen molar-refractivity contribution in [3.8, 4) is 0 Å². The minimum atomic E-state index is -5.79. The highest BCUT2D eigenvalue weighted by Crippen LogP contribution is 2.53. The first-order valence-corrected chi connectivity index (χ1v) is 6.02. The van der Waals surface area contributed by atoms with Crippen molar-refractivity contribution in [1.82, 2.24) is 0 Å². The standard InChI is InChI=1S/C12H15F5O5/c1-6(2)8(18)22-7(3)9(4)10(13,14)11(19,12(15,16)17)21-5-20-9/h7,19H,1,5H2,2-4H3. The molecule has 10 heteroatoms. The zero-order valence-electron chi connectivity index (χ0n) is 12.0. The molecule has 1 saturated heterocycles. The van der Waals surface area contributed by atoms with Crippen molar-refractivity contribution in [3.05, 3.63) is 12.2 Å². The van der Waals surface area contributed by atoms with Gasteiger partial charge in [0.2, 0.25) is 0 Å². The van der Waals surface area contributed by atoms with E-state index >= 15 is 0 Å². The molecule has 1 rings (SSSR count). The highest BCUT2D eigenvalue weighted by Gasteiger charge is 2.80. The van der Waals surface area contributed by atoms with Crippen LogP contribution in [0.1, 0.15) is 20.8 Å². The number of hydrogen-bond acceptors (Lipinski definition) is 5. The molecule has 22 heavy (non-hydrogen) atoms. The van der Waals surface area contributed by atoms with Gasteiger partial charge in [-0.2, -0.15) is 22.0 Å². The first-order valence-electron chi connectivity index (χ1n) is 6.02. The average Bonchev–Trinajstić information content (AvgIpc) is 2.34. The Morgan fingerprint density at radius 1 is 1.36 bits per heavy atom. The van der Waals surface area contributed by atoms with Crippen LogP contribution in [0.2, 0.25) is 0 Å².